The molecule has 0 bridgehead atoms. The smallest absolute Gasteiger partial charge is 0.123 e. The van der Waals surface area contributed by atoms with Gasteiger partial charge in [0.05, 0.1) is 0 Å². The van der Waals surface area contributed by atoms with Crippen LogP contribution in [-0.4, -0.2) is 6.04 Å². The molecule has 0 spiro atoms. The van der Waals surface area contributed by atoms with E-state index >= 15 is 0 Å². The van der Waals surface area contributed by atoms with E-state index in [0.717, 1.165) is 24.8 Å². The number of aryl methyl sites for hydroxylation is 1. The number of nitrogens with two attached hydrogens (primary N) is 1. The van der Waals surface area contributed by atoms with Crippen LogP contribution in [0.25, 0.3) is 0 Å². The lowest BCUT2D eigenvalue weighted by molar-refractivity contribution is 0.0434. The van der Waals surface area contributed by atoms with Gasteiger partial charge in [-0.2, -0.15) is 0 Å². The SMILES string of the molecule is CCC1(CC)C(N)CC1c1ccc(F)cc1C. The Bertz CT molecular complexity index is 409. The van der Waals surface area contributed by atoms with Crippen LogP contribution in [0.2, 0.25) is 0 Å². The van der Waals surface area contributed by atoms with Crippen molar-refractivity contribution in [3.05, 3.63) is 35.1 Å². The van der Waals surface area contributed by atoms with Crippen molar-refractivity contribution in [1.82, 2.24) is 0 Å². The molecule has 2 heteroatoms. The summed E-state index contributed by atoms with van der Waals surface area (Å²) in [5, 5.41) is 0. The van der Waals surface area contributed by atoms with Crippen molar-refractivity contribution in [2.24, 2.45) is 11.1 Å². The maximum atomic E-state index is 13.1. The van der Waals surface area contributed by atoms with Gasteiger partial charge in [0.1, 0.15) is 5.82 Å². The van der Waals surface area contributed by atoms with Crippen molar-refractivity contribution in [3.8, 4) is 0 Å². The molecule has 1 nitrogen and oxygen atoms in total. The lowest BCUT2D eigenvalue weighted by Crippen LogP contribution is -2.56. The first-order valence-corrected chi connectivity index (χ1v) is 6.56. The Morgan fingerprint density at radius 2 is 2.00 bits per heavy atom. The molecule has 1 aromatic carbocycles. The standard InChI is InChI=1S/C15H22FN/c1-4-15(5-2)13(9-14(15)17)12-7-6-11(16)8-10(12)3/h6-8,13-14H,4-5,9,17H2,1-3H3. The van der Waals surface area contributed by atoms with Gasteiger partial charge < -0.3 is 5.73 Å². The van der Waals surface area contributed by atoms with Crippen molar-refractivity contribution in [2.45, 2.75) is 52.0 Å². The van der Waals surface area contributed by atoms with Crippen molar-refractivity contribution >= 4 is 0 Å². The van der Waals surface area contributed by atoms with Gasteiger partial charge in [-0.1, -0.05) is 19.9 Å². The lowest BCUT2D eigenvalue weighted by Gasteiger charge is -2.55. The van der Waals surface area contributed by atoms with Crippen LogP contribution in [0.15, 0.2) is 18.2 Å². The highest BCUT2D eigenvalue weighted by Crippen LogP contribution is 2.56. The minimum Gasteiger partial charge on any atom is -0.327 e. The fourth-order valence-electron chi connectivity index (χ4n) is 3.56. The average molecular weight is 235 g/mol. The van der Waals surface area contributed by atoms with Crippen molar-refractivity contribution in [1.29, 1.82) is 0 Å². The molecule has 0 amide bonds. The lowest BCUT2D eigenvalue weighted by atomic mass is 9.52. The Morgan fingerprint density at radius 1 is 1.35 bits per heavy atom. The van der Waals surface area contributed by atoms with E-state index < -0.39 is 0 Å². The van der Waals surface area contributed by atoms with Gasteiger partial charge in [0.15, 0.2) is 0 Å². The molecule has 1 aromatic rings. The van der Waals surface area contributed by atoms with E-state index in [4.69, 9.17) is 5.73 Å². The molecule has 1 aliphatic carbocycles. The molecule has 0 saturated heterocycles. The first-order chi connectivity index (χ1) is 8.05. The van der Waals surface area contributed by atoms with Gasteiger partial charge >= 0.3 is 0 Å². The Balaban J connectivity index is 2.35. The van der Waals surface area contributed by atoms with Gasteiger partial charge in [-0.05, 0) is 60.8 Å². The predicted octanol–water partition coefficient (Wildman–Crippen LogP) is 3.76. The summed E-state index contributed by atoms with van der Waals surface area (Å²) in [6.45, 7) is 6.43. The summed E-state index contributed by atoms with van der Waals surface area (Å²) in [6, 6.07) is 5.45. The molecule has 1 saturated carbocycles. The van der Waals surface area contributed by atoms with Gasteiger partial charge in [0.25, 0.3) is 0 Å². The molecule has 0 radical (unpaired) electrons. The molecule has 2 N–H and O–H groups in total. The van der Waals surface area contributed by atoms with Gasteiger partial charge in [0, 0.05) is 6.04 Å². The highest BCUT2D eigenvalue weighted by Gasteiger charge is 2.51. The van der Waals surface area contributed by atoms with Gasteiger partial charge in [0.2, 0.25) is 0 Å². The molecule has 94 valence electrons. The molecule has 1 aliphatic rings. The van der Waals surface area contributed by atoms with Crippen LogP contribution in [0.3, 0.4) is 0 Å². The number of halogens is 1. The van der Waals surface area contributed by atoms with Crippen molar-refractivity contribution in [2.75, 3.05) is 0 Å². The maximum absolute atomic E-state index is 13.1. The topological polar surface area (TPSA) is 26.0 Å². The summed E-state index contributed by atoms with van der Waals surface area (Å²) in [4.78, 5) is 0. The van der Waals surface area contributed by atoms with E-state index in [1.54, 1.807) is 12.1 Å². The molecule has 0 aliphatic heterocycles. The van der Waals surface area contributed by atoms with Crippen LogP contribution in [0.1, 0.15) is 50.2 Å². The van der Waals surface area contributed by atoms with Crippen LogP contribution in [0.5, 0.6) is 0 Å². The summed E-state index contributed by atoms with van der Waals surface area (Å²) in [5.41, 5.74) is 8.79. The second-order valence-corrected chi connectivity index (χ2v) is 5.34. The van der Waals surface area contributed by atoms with E-state index in [2.05, 4.69) is 13.8 Å². The Labute approximate surface area is 103 Å². The van der Waals surface area contributed by atoms with Gasteiger partial charge in [-0.3, -0.25) is 0 Å². The second-order valence-electron chi connectivity index (χ2n) is 5.34. The number of hydrogen-bond acceptors (Lipinski definition) is 1. The third-order valence-electron chi connectivity index (χ3n) is 4.85. The summed E-state index contributed by atoms with van der Waals surface area (Å²) in [7, 11) is 0. The van der Waals surface area contributed by atoms with E-state index in [-0.39, 0.29) is 11.2 Å². The zero-order valence-corrected chi connectivity index (χ0v) is 11.0. The first-order valence-electron chi connectivity index (χ1n) is 6.56. The molecule has 2 rings (SSSR count). The molecular weight excluding hydrogens is 213 g/mol. The number of benzene rings is 1. The quantitative estimate of drug-likeness (QED) is 0.848. The average Bonchev–Trinajstić information content (AvgIpc) is 2.29. The van der Waals surface area contributed by atoms with Crippen LogP contribution < -0.4 is 5.73 Å². The van der Waals surface area contributed by atoms with E-state index in [1.807, 2.05) is 13.0 Å². The highest BCUT2D eigenvalue weighted by molar-refractivity contribution is 5.35. The highest BCUT2D eigenvalue weighted by atomic mass is 19.1. The molecule has 1 fully saturated rings. The predicted molar refractivity (Wildman–Crippen MR) is 69.5 cm³/mol. The molecular formula is C15H22FN. The van der Waals surface area contributed by atoms with Crippen LogP contribution >= 0.6 is 0 Å². The molecule has 0 aromatic heterocycles. The maximum Gasteiger partial charge on any atom is 0.123 e. The van der Waals surface area contributed by atoms with Crippen LogP contribution in [0, 0.1) is 18.2 Å². The van der Waals surface area contributed by atoms with Gasteiger partial charge in [-0.15, -0.1) is 0 Å². The molecule has 17 heavy (non-hydrogen) atoms. The molecule has 0 heterocycles. The Morgan fingerprint density at radius 3 is 2.47 bits per heavy atom. The summed E-state index contributed by atoms with van der Waals surface area (Å²) >= 11 is 0. The normalized spacial score (nSPS) is 26.6. The fourth-order valence-corrected chi connectivity index (χ4v) is 3.56. The monoisotopic (exact) mass is 235 g/mol. The van der Waals surface area contributed by atoms with E-state index in [1.165, 1.54) is 5.56 Å². The third-order valence-corrected chi connectivity index (χ3v) is 4.85. The summed E-state index contributed by atoms with van der Waals surface area (Å²) in [6.07, 6.45) is 3.24. The van der Waals surface area contributed by atoms with Crippen molar-refractivity contribution < 1.29 is 4.39 Å². The third kappa shape index (κ3) is 1.79. The fraction of sp³-hybridized carbons (Fsp3) is 0.600. The van der Waals surface area contributed by atoms with Crippen LogP contribution in [0.4, 0.5) is 4.39 Å². The van der Waals surface area contributed by atoms with Crippen molar-refractivity contribution in [3.63, 3.8) is 0 Å². The molecule has 2 atom stereocenters. The number of rotatable bonds is 3. The Kier molecular flexibility index (Phi) is 3.26. The molecule has 2 unspecified atom stereocenters. The van der Waals surface area contributed by atoms with Crippen LogP contribution in [-0.2, 0) is 0 Å². The first kappa shape index (κ1) is 12.6. The van der Waals surface area contributed by atoms with Gasteiger partial charge in [-0.25, -0.2) is 4.39 Å². The van der Waals surface area contributed by atoms with E-state index in [9.17, 15) is 4.39 Å². The minimum atomic E-state index is -0.145. The summed E-state index contributed by atoms with van der Waals surface area (Å²) in [5.74, 6) is 0.363. The Hall–Kier alpha value is -0.890. The largest absolute Gasteiger partial charge is 0.327 e. The second kappa shape index (κ2) is 4.41. The zero-order chi connectivity index (χ0) is 12.6. The minimum absolute atomic E-state index is 0.145. The summed E-state index contributed by atoms with van der Waals surface area (Å²) < 4.78 is 13.1. The van der Waals surface area contributed by atoms with E-state index in [0.29, 0.717) is 12.0 Å². The zero-order valence-electron chi connectivity index (χ0n) is 11.0. The number of hydrogen-bond donors (Lipinski definition) is 1.